The van der Waals surface area contributed by atoms with Crippen molar-refractivity contribution in [3.8, 4) is 5.75 Å². The van der Waals surface area contributed by atoms with E-state index in [4.69, 9.17) is 16.3 Å². The molecule has 1 aromatic carbocycles. The van der Waals surface area contributed by atoms with E-state index < -0.39 is 0 Å². The maximum atomic E-state index is 12.3. The lowest BCUT2D eigenvalue weighted by Crippen LogP contribution is -2.22. The van der Waals surface area contributed by atoms with Gasteiger partial charge in [-0.3, -0.25) is 15.1 Å². The molecule has 0 spiro atoms. The summed E-state index contributed by atoms with van der Waals surface area (Å²) in [4.78, 5) is 20.9. The van der Waals surface area contributed by atoms with Crippen molar-refractivity contribution in [3.63, 3.8) is 0 Å². The summed E-state index contributed by atoms with van der Waals surface area (Å²) >= 11 is 6.29. The number of aromatic nitrogens is 4. The number of fused-ring (bicyclic) bond motifs is 1. The predicted molar refractivity (Wildman–Crippen MR) is 106 cm³/mol. The van der Waals surface area contributed by atoms with Gasteiger partial charge in [0.05, 0.1) is 12.1 Å². The van der Waals surface area contributed by atoms with Gasteiger partial charge >= 0.3 is 0 Å². The van der Waals surface area contributed by atoms with Gasteiger partial charge in [0.2, 0.25) is 5.95 Å². The van der Waals surface area contributed by atoms with Crippen LogP contribution >= 0.6 is 11.6 Å². The van der Waals surface area contributed by atoms with E-state index in [1.807, 2.05) is 22.9 Å². The van der Waals surface area contributed by atoms with Crippen LogP contribution in [0.4, 0.5) is 5.95 Å². The van der Waals surface area contributed by atoms with Crippen LogP contribution in [0.1, 0.15) is 47.1 Å². The third-order valence-corrected chi connectivity index (χ3v) is 5.24. The van der Waals surface area contributed by atoms with Crippen molar-refractivity contribution in [2.75, 3.05) is 12.4 Å². The van der Waals surface area contributed by atoms with Gasteiger partial charge in [-0.2, -0.15) is 4.98 Å². The minimum absolute atomic E-state index is 0.202. The van der Waals surface area contributed by atoms with Gasteiger partial charge in [-0.1, -0.05) is 30.7 Å². The summed E-state index contributed by atoms with van der Waals surface area (Å²) in [6.07, 6.45) is 2.50. The fourth-order valence-corrected chi connectivity index (χ4v) is 3.83. The van der Waals surface area contributed by atoms with E-state index in [0.717, 1.165) is 17.8 Å². The highest BCUT2D eigenvalue weighted by Gasteiger charge is 2.29. The van der Waals surface area contributed by atoms with E-state index in [1.54, 1.807) is 31.5 Å². The molecule has 0 saturated heterocycles. The zero-order chi connectivity index (χ0) is 19.7. The molecule has 1 amide bonds. The molecule has 2 atom stereocenters. The summed E-state index contributed by atoms with van der Waals surface area (Å²) in [6, 6.07) is 11.0. The van der Waals surface area contributed by atoms with Crippen LogP contribution in [0.25, 0.3) is 0 Å². The second kappa shape index (κ2) is 7.59. The van der Waals surface area contributed by atoms with Crippen molar-refractivity contribution >= 4 is 23.5 Å². The maximum Gasteiger partial charge on any atom is 0.276 e. The first-order valence-corrected chi connectivity index (χ1v) is 9.43. The van der Waals surface area contributed by atoms with E-state index in [-0.39, 0.29) is 17.7 Å². The number of carbonyl (C=O) groups is 1. The molecule has 0 radical (unpaired) electrons. The monoisotopic (exact) mass is 397 g/mol. The molecule has 0 aliphatic carbocycles. The summed E-state index contributed by atoms with van der Waals surface area (Å²) in [5.74, 6) is 1.96. The molecule has 0 fully saturated rings. The molecule has 0 bridgehead atoms. The van der Waals surface area contributed by atoms with Crippen molar-refractivity contribution in [1.29, 1.82) is 0 Å². The maximum absolute atomic E-state index is 12.3. The van der Waals surface area contributed by atoms with Gasteiger partial charge in [-0.05, 0) is 36.2 Å². The number of nitrogens with one attached hydrogen (secondary N) is 1. The summed E-state index contributed by atoms with van der Waals surface area (Å²) < 4.78 is 7.10. The van der Waals surface area contributed by atoms with Crippen LogP contribution < -0.4 is 10.1 Å². The number of amides is 1. The molecule has 144 valence electrons. The Morgan fingerprint density at radius 2 is 2.18 bits per heavy atom. The fourth-order valence-electron chi connectivity index (χ4n) is 3.56. The number of hydrogen-bond donors (Lipinski definition) is 1. The van der Waals surface area contributed by atoms with Gasteiger partial charge in [-0.25, -0.2) is 4.68 Å². The van der Waals surface area contributed by atoms with Crippen LogP contribution in [0.2, 0.25) is 5.02 Å². The number of hydrogen-bond acceptors (Lipinski definition) is 5. The Morgan fingerprint density at radius 1 is 1.32 bits per heavy atom. The Morgan fingerprint density at radius 3 is 2.89 bits per heavy atom. The zero-order valence-corrected chi connectivity index (χ0v) is 16.3. The van der Waals surface area contributed by atoms with Gasteiger partial charge in [0.1, 0.15) is 17.3 Å². The summed E-state index contributed by atoms with van der Waals surface area (Å²) in [5, 5.41) is 7.82. The second-order valence-corrected chi connectivity index (χ2v) is 7.28. The van der Waals surface area contributed by atoms with E-state index >= 15 is 0 Å². The highest BCUT2D eigenvalue weighted by Crippen LogP contribution is 2.38. The molecule has 1 aliphatic rings. The lowest BCUT2D eigenvalue weighted by molar-refractivity contribution is 0.102. The highest BCUT2D eigenvalue weighted by molar-refractivity contribution is 6.32. The van der Waals surface area contributed by atoms with Crippen LogP contribution in [-0.4, -0.2) is 32.8 Å². The van der Waals surface area contributed by atoms with Gasteiger partial charge in [0, 0.05) is 24.6 Å². The first kappa shape index (κ1) is 18.4. The van der Waals surface area contributed by atoms with E-state index in [1.165, 1.54) is 0 Å². The minimum Gasteiger partial charge on any atom is -0.495 e. The first-order valence-electron chi connectivity index (χ1n) is 9.05. The first-order chi connectivity index (χ1) is 13.5. The van der Waals surface area contributed by atoms with Gasteiger partial charge in [0.15, 0.2) is 0 Å². The SMILES string of the molecule is COc1ccc(C2CC(C)c3nc(NC(=O)c4ccccn4)nn3C2)cc1Cl. The summed E-state index contributed by atoms with van der Waals surface area (Å²) in [5.41, 5.74) is 1.46. The third kappa shape index (κ3) is 3.57. The Balaban J connectivity index is 1.54. The molecule has 8 heteroatoms. The van der Waals surface area contributed by atoms with Crippen LogP contribution in [0.15, 0.2) is 42.6 Å². The van der Waals surface area contributed by atoms with Crippen LogP contribution in [-0.2, 0) is 6.54 Å². The number of nitrogens with zero attached hydrogens (tertiary/aromatic N) is 4. The molecule has 28 heavy (non-hydrogen) atoms. The van der Waals surface area contributed by atoms with Crippen molar-refractivity contribution in [3.05, 3.63) is 64.7 Å². The molecular formula is C20H20ClN5O2. The fraction of sp³-hybridized carbons (Fsp3) is 0.300. The topological polar surface area (TPSA) is 81.9 Å². The number of rotatable bonds is 4. The standard InChI is InChI=1S/C20H20ClN5O2/c1-12-9-14(13-6-7-17(28-2)15(21)10-13)11-26-18(12)23-20(25-26)24-19(27)16-5-3-4-8-22-16/h3-8,10,12,14H,9,11H2,1-2H3,(H,24,25,27). The molecule has 4 rings (SSSR count). The molecule has 3 heterocycles. The summed E-state index contributed by atoms with van der Waals surface area (Å²) in [7, 11) is 1.60. The zero-order valence-electron chi connectivity index (χ0n) is 15.6. The number of pyridine rings is 1. The molecule has 2 unspecified atom stereocenters. The Bertz CT molecular complexity index is 1010. The largest absolute Gasteiger partial charge is 0.495 e. The lowest BCUT2D eigenvalue weighted by atomic mass is 9.86. The van der Waals surface area contributed by atoms with Crippen LogP contribution in [0, 0.1) is 0 Å². The molecular weight excluding hydrogens is 378 g/mol. The highest BCUT2D eigenvalue weighted by atomic mass is 35.5. The molecule has 2 aromatic heterocycles. The van der Waals surface area contributed by atoms with Crippen molar-refractivity contribution in [1.82, 2.24) is 19.7 Å². The smallest absolute Gasteiger partial charge is 0.276 e. The normalized spacial score (nSPS) is 18.4. The van der Waals surface area contributed by atoms with Crippen molar-refractivity contribution < 1.29 is 9.53 Å². The quantitative estimate of drug-likeness (QED) is 0.722. The lowest BCUT2D eigenvalue weighted by Gasteiger charge is -2.27. The summed E-state index contributed by atoms with van der Waals surface area (Å²) in [6.45, 7) is 2.79. The number of anilines is 1. The van der Waals surface area contributed by atoms with E-state index in [2.05, 4.69) is 27.3 Å². The molecule has 7 nitrogen and oxygen atoms in total. The van der Waals surface area contributed by atoms with Gasteiger partial charge < -0.3 is 4.74 Å². The second-order valence-electron chi connectivity index (χ2n) is 6.87. The van der Waals surface area contributed by atoms with Crippen LogP contribution in [0.5, 0.6) is 5.75 Å². The number of carbonyl (C=O) groups excluding carboxylic acids is 1. The number of halogens is 1. The predicted octanol–water partition coefficient (Wildman–Crippen LogP) is 3.88. The molecule has 1 aliphatic heterocycles. The van der Waals surface area contributed by atoms with E-state index in [9.17, 15) is 4.79 Å². The molecule has 1 N–H and O–H groups in total. The number of methoxy groups -OCH3 is 1. The Hall–Kier alpha value is -2.93. The third-order valence-electron chi connectivity index (χ3n) is 4.94. The number of ether oxygens (including phenoxy) is 1. The molecule has 0 saturated carbocycles. The van der Waals surface area contributed by atoms with Crippen molar-refractivity contribution in [2.45, 2.75) is 31.7 Å². The number of benzene rings is 1. The average molecular weight is 398 g/mol. The Kier molecular flexibility index (Phi) is 5.00. The van der Waals surface area contributed by atoms with Crippen molar-refractivity contribution in [2.24, 2.45) is 0 Å². The van der Waals surface area contributed by atoms with Gasteiger partial charge in [-0.15, -0.1) is 5.10 Å². The van der Waals surface area contributed by atoms with E-state index in [0.29, 0.717) is 29.0 Å². The van der Waals surface area contributed by atoms with Crippen LogP contribution in [0.3, 0.4) is 0 Å². The minimum atomic E-state index is -0.324. The Labute approximate surface area is 167 Å². The average Bonchev–Trinajstić information content (AvgIpc) is 3.11. The van der Waals surface area contributed by atoms with Gasteiger partial charge in [0.25, 0.3) is 5.91 Å². The molecule has 3 aromatic rings.